The summed E-state index contributed by atoms with van der Waals surface area (Å²) < 4.78 is 20.4. The van der Waals surface area contributed by atoms with E-state index in [4.69, 9.17) is 4.74 Å². The smallest absolute Gasteiger partial charge is 0.144 e. The van der Waals surface area contributed by atoms with Gasteiger partial charge < -0.3 is 9.29 Å². The summed E-state index contributed by atoms with van der Waals surface area (Å²) in [6.45, 7) is 5.69. The largest absolute Gasteiger partial charge is 0.591 e. The Hall–Kier alpha value is -1.00. The van der Waals surface area contributed by atoms with Gasteiger partial charge in [-0.05, 0) is 50.6 Å². The van der Waals surface area contributed by atoms with Crippen LogP contribution < -0.4 is 4.74 Å². The minimum atomic E-state index is -1.21. The van der Waals surface area contributed by atoms with Crippen LogP contribution in [-0.2, 0) is 11.4 Å². The molecule has 88 valence electrons. The van der Waals surface area contributed by atoms with Crippen LogP contribution in [0.15, 0.2) is 28.7 Å². The number of rotatable bonds is 3. The molecule has 0 spiro atoms. The summed E-state index contributed by atoms with van der Waals surface area (Å²) in [4.78, 5) is 0. The fourth-order valence-electron chi connectivity index (χ4n) is 0.957. The van der Waals surface area contributed by atoms with Crippen molar-refractivity contribution in [2.75, 3.05) is 7.11 Å². The van der Waals surface area contributed by atoms with E-state index in [1.165, 1.54) is 0 Å². The van der Waals surface area contributed by atoms with E-state index in [0.29, 0.717) is 0 Å². The Balaban J connectivity index is 2.69. The van der Waals surface area contributed by atoms with Crippen LogP contribution in [0.1, 0.15) is 26.3 Å². The minimum absolute atomic E-state index is 0.316. The van der Waals surface area contributed by atoms with Crippen molar-refractivity contribution in [2.45, 2.75) is 25.5 Å². The van der Waals surface area contributed by atoms with Crippen molar-refractivity contribution in [3.8, 4) is 5.75 Å². The van der Waals surface area contributed by atoms with Gasteiger partial charge in [-0.1, -0.05) is 4.40 Å². The van der Waals surface area contributed by atoms with E-state index in [2.05, 4.69) is 4.40 Å². The number of nitrogens with zero attached hydrogens (tertiary/aromatic N) is 1. The molecule has 0 heterocycles. The Morgan fingerprint density at radius 3 is 2.25 bits per heavy atom. The van der Waals surface area contributed by atoms with Gasteiger partial charge in [0.05, 0.1) is 13.3 Å². The first kappa shape index (κ1) is 13.1. The third-order valence-corrected chi connectivity index (χ3v) is 3.28. The zero-order chi connectivity index (χ0) is 12.2. The zero-order valence-electron chi connectivity index (χ0n) is 10.1. The molecule has 4 heteroatoms. The van der Waals surface area contributed by atoms with Gasteiger partial charge in [0.1, 0.15) is 21.9 Å². The second kappa shape index (κ2) is 5.37. The Morgan fingerprint density at radius 1 is 1.25 bits per heavy atom. The van der Waals surface area contributed by atoms with Gasteiger partial charge in [-0.25, -0.2) is 0 Å². The van der Waals surface area contributed by atoms with Gasteiger partial charge in [0.2, 0.25) is 0 Å². The fourth-order valence-corrected chi connectivity index (χ4v) is 1.49. The highest BCUT2D eigenvalue weighted by atomic mass is 32.2. The lowest BCUT2D eigenvalue weighted by molar-refractivity contribution is 0.415. The van der Waals surface area contributed by atoms with Gasteiger partial charge in [-0.15, -0.1) is 0 Å². The quantitative estimate of drug-likeness (QED) is 0.601. The van der Waals surface area contributed by atoms with Gasteiger partial charge in [0.25, 0.3) is 0 Å². The molecule has 0 aliphatic heterocycles. The third-order valence-electron chi connectivity index (χ3n) is 1.94. The summed E-state index contributed by atoms with van der Waals surface area (Å²) in [6, 6.07) is 7.45. The van der Waals surface area contributed by atoms with E-state index in [9.17, 15) is 4.55 Å². The Labute approximate surface area is 99.9 Å². The molecule has 0 fully saturated rings. The molecule has 3 nitrogen and oxygen atoms in total. The number of methoxy groups -OCH3 is 1. The van der Waals surface area contributed by atoms with Crippen LogP contribution in [0.4, 0.5) is 0 Å². The van der Waals surface area contributed by atoms with Gasteiger partial charge in [0, 0.05) is 0 Å². The third kappa shape index (κ3) is 3.87. The van der Waals surface area contributed by atoms with E-state index in [1.54, 1.807) is 13.3 Å². The highest BCUT2D eigenvalue weighted by molar-refractivity contribution is 7.91. The van der Waals surface area contributed by atoms with Crippen molar-refractivity contribution in [1.29, 1.82) is 0 Å². The van der Waals surface area contributed by atoms with E-state index < -0.39 is 11.4 Å². The first-order chi connectivity index (χ1) is 7.43. The van der Waals surface area contributed by atoms with Gasteiger partial charge in [-0.2, -0.15) is 0 Å². The lowest BCUT2D eigenvalue weighted by Gasteiger charge is -2.17. The maximum Gasteiger partial charge on any atom is 0.144 e. The molecular formula is C12H17NO2S. The number of hydrogen-bond donors (Lipinski definition) is 0. The molecule has 0 amide bonds. The molecule has 0 saturated heterocycles. The van der Waals surface area contributed by atoms with Gasteiger partial charge >= 0.3 is 0 Å². The molecule has 1 aromatic rings. The molecule has 0 aromatic heterocycles. The second-order valence-electron chi connectivity index (χ2n) is 4.37. The first-order valence-electron chi connectivity index (χ1n) is 5.03. The van der Waals surface area contributed by atoms with Crippen molar-refractivity contribution in [3.63, 3.8) is 0 Å². The number of ether oxygens (including phenoxy) is 1. The molecular weight excluding hydrogens is 222 g/mol. The van der Waals surface area contributed by atoms with Crippen molar-refractivity contribution in [3.05, 3.63) is 29.8 Å². The lowest BCUT2D eigenvalue weighted by Crippen LogP contribution is -2.25. The Kier molecular flexibility index (Phi) is 4.38. The summed E-state index contributed by atoms with van der Waals surface area (Å²) in [6.07, 6.45) is 1.63. The Morgan fingerprint density at radius 2 is 1.81 bits per heavy atom. The second-order valence-corrected chi connectivity index (χ2v) is 6.30. The standard InChI is InChI=1S/C12H17NO2S/c1-12(2,3)16(14)13-9-10-5-7-11(15-4)8-6-10/h5-9H,1-4H3/b13-9+/t16-/m0/s1. The minimum Gasteiger partial charge on any atom is -0.591 e. The lowest BCUT2D eigenvalue weighted by atomic mass is 10.2. The highest BCUT2D eigenvalue weighted by Gasteiger charge is 2.25. The van der Waals surface area contributed by atoms with E-state index >= 15 is 0 Å². The van der Waals surface area contributed by atoms with Crippen molar-refractivity contribution < 1.29 is 9.29 Å². The molecule has 16 heavy (non-hydrogen) atoms. The molecule has 0 bridgehead atoms. The van der Waals surface area contributed by atoms with E-state index in [0.717, 1.165) is 11.3 Å². The monoisotopic (exact) mass is 239 g/mol. The summed E-state index contributed by atoms with van der Waals surface area (Å²) in [5.74, 6) is 0.800. The molecule has 0 unspecified atom stereocenters. The molecule has 0 aliphatic carbocycles. The van der Waals surface area contributed by atoms with Crippen LogP contribution in [0.5, 0.6) is 5.75 Å². The van der Waals surface area contributed by atoms with Crippen molar-refractivity contribution >= 4 is 17.6 Å². The molecule has 0 saturated carbocycles. The molecule has 1 rings (SSSR count). The van der Waals surface area contributed by atoms with Gasteiger partial charge in [-0.3, -0.25) is 0 Å². The van der Waals surface area contributed by atoms with Crippen LogP contribution in [0.25, 0.3) is 0 Å². The fraction of sp³-hybridized carbons (Fsp3) is 0.417. The van der Waals surface area contributed by atoms with Crippen molar-refractivity contribution in [1.82, 2.24) is 0 Å². The van der Waals surface area contributed by atoms with Crippen molar-refractivity contribution in [2.24, 2.45) is 4.40 Å². The maximum atomic E-state index is 11.6. The molecule has 0 radical (unpaired) electrons. The SMILES string of the molecule is COc1ccc(/C=N/[S@@+]([O-])C(C)(C)C)cc1. The van der Waals surface area contributed by atoms with E-state index in [-0.39, 0.29) is 4.75 Å². The topological polar surface area (TPSA) is 44.6 Å². The van der Waals surface area contributed by atoms with Crippen LogP contribution >= 0.6 is 0 Å². The Bertz CT molecular complexity index is 354. The van der Waals surface area contributed by atoms with Gasteiger partial charge in [0.15, 0.2) is 0 Å². The zero-order valence-corrected chi connectivity index (χ0v) is 10.9. The normalized spacial score (nSPS) is 14.1. The molecule has 1 atom stereocenters. The predicted octanol–water partition coefficient (Wildman–Crippen LogP) is 2.58. The molecule has 1 aromatic carbocycles. The average Bonchev–Trinajstić information content (AvgIpc) is 2.25. The predicted molar refractivity (Wildman–Crippen MR) is 68.5 cm³/mol. The number of hydrogen-bond acceptors (Lipinski definition) is 3. The maximum absolute atomic E-state index is 11.6. The molecule has 0 N–H and O–H groups in total. The average molecular weight is 239 g/mol. The number of benzene rings is 1. The van der Waals surface area contributed by atoms with Crippen LogP contribution in [0.3, 0.4) is 0 Å². The summed E-state index contributed by atoms with van der Waals surface area (Å²) in [5, 5.41) is 0. The highest BCUT2D eigenvalue weighted by Crippen LogP contribution is 2.17. The van der Waals surface area contributed by atoms with Crippen LogP contribution in [-0.4, -0.2) is 22.6 Å². The van der Waals surface area contributed by atoms with E-state index in [1.807, 2.05) is 45.0 Å². The summed E-state index contributed by atoms with van der Waals surface area (Å²) in [7, 11) is 1.62. The summed E-state index contributed by atoms with van der Waals surface area (Å²) >= 11 is -1.21. The van der Waals surface area contributed by atoms with Crippen LogP contribution in [0.2, 0.25) is 0 Å². The first-order valence-corrected chi connectivity index (χ1v) is 6.14. The molecule has 0 aliphatic rings. The summed E-state index contributed by atoms with van der Waals surface area (Å²) in [5.41, 5.74) is 0.915. The van der Waals surface area contributed by atoms with Crippen LogP contribution in [0, 0.1) is 0 Å².